The summed E-state index contributed by atoms with van der Waals surface area (Å²) in [6.07, 6.45) is 1.63. The van der Waals surface area contributed by atoms with Crippen LogP contribution >= 0.6 is 23.2 Å². The molecule has 0 spiro atoms. The van der Waals surface area contributed by atoms with Crippen LogP contribution in [-0.4, -0.2) is 9.97 Å². The Bertz CT molecular complexity index is 840. The van der Waals surface area contributed by atoms with Gasteiger partial charge in [0.15, 0.2) is 0 Å². The van der Waals surface area contributed by atoms with Crippen LogP contribution in [0.1, 0.15) is 5.56 Å². The Labute approximate surface area is 148 Å². The van der Waals surface area contributed by atoms with E-state index in [0.717, 1.165) is 5.56 Å². The second kappa shape index (κ2) is 7.47. The highest BCUT2D eigenvalue weighted by atomic mass is 35.5. The number of rotatable bonds is 5. The summed E-state index contributed by atoms with van der Waals surface area (Å²) in [7, 11) is 0. The SMILES string of the molecule is Fc1ccc(CNc2nccc(Nc3ccc(Cl)cc3Cl)n2)cc1. The lowest BCUT2D eigenvalue weighted by atomic mass is 10.2. The molecule has 0 saturated heterocycles. The molecular weight excluding hydrogens is 350 g/mol. The number of benzene rings is 2. The molecule has 3 aromatic rings. The zero-order valence-corrected chi connectivity index (χ0v) is 13.9. The van der Waals surface area contributed by atoms with E-state index in [-0.39, 0.29) is 5.82 Å². The number of anilines is 3. The smallest absolute Gasteiger partial charge is 0.224 e. The second-order valence-corrected chi connectivity index (χ2v) is 5.84. The van der Waals surface area contributed by atoms with E-state index in [0.29, 0.717) is 34.0 Å². The van der Waals surface area contributed by atoms with Crippen molar-refractivity contribution in [2.45, 2.75) is 6.54 Å². The Balaban J connectivity index is 1.68. The first-order chi connectivity index (χ1) is 11.6. The van der Waals surface area contributed by atoms with Gasteiger partial charge < -0.3 is 10.6 Å². The topological polar surface area (TPSA) is 49.8 Å². The van der Waals surface area contributed by atoms with Crippen LogP contribution in [0.4, 0.5) is 21.8 Å². The highest BCUT2D eigenvalue weighted by Gasteiger charge is 2.04. The van der Waals surface area contributed by atoms with Gasteiger partial charge in [0.05, 0.1) is 10.7 Å². The fourth-order valence-electron chi connectivity index (χ4n) is 2.03. The van der Waals surface area contributed by atoms with Crippen LogP contribution < -0.4 is 10.6 Å². The third-order valence-electron chi connectivity index (χ3n) is 3.21. The molecule has 4 nitrogen and oxygen atoms in total. The van der Waals surface area contributed by atoms with Crippen molar-refractivity contribution in [1.82, 2.24) is 9.97 Å². The normalized spacial score (nSPS) is 10.5. The van der Waals surface area contributed by atoms with Crippen LogP contribution in [-0.2, 0) is 6.54 Å². The molecule has 7 heteroatoms. The average molecular weight is 363 g/mol. The quantitative estimate of drug-likeness (QED) is 0.648. The van der Waals surface area contributed by atoms with E-state index >= 15 is 0 Å². The largest absolute Gasteiger partial charge is 0.350 e. The Kier molecular flexibility index (Phi) is 5.13. The van der Waals surface area contributed by atoms with E-state index in [1.54, 1.807) is 42.6 Å². The minimum absolute atomic E-state index is 0.263. The number of hydrogen-bond acceptors (Lipinski definition) is 4. The van der Waals surface area contributed by atoms with E-state index < -0.39 is 0 Å². The fourth-order valence-corrected chi connectivity index (χ4v) is 2.48. The van der Waals surface area contributed by atoms with Crippen LogP contribution in [0.2, 0.25) is 10.0 Å². The van der Waals surface area contributed by atoms with E-state index in [1.807, 2.05) is 0 Å². The van der Waals surface area contributed by atoms with Crippen LogP contribution in [0, 0.1) is 5.82 Å². The lowest BCUT2D eigenvalue weighted by molar-refractivity contribution is 0.627. The summed E-state index contributed by atoms with van der Waals surface area (Å²) in [5.74, 6) is 0.784. The van der Waals surface area contributed by atoms with Gasteiger partial charge in [0.25, 0.3) is 0 Å². The van der Waals surface area contributed by atoms with Gasteiger partial charge in [0.2, 0.25) is 5.95 Å². The molecular formula is C17H13Cl2FN4. The maximum absolute atomic E-state index is 12.9. The van der Waals surface area contributed by atoms with Crippen LogP contribution in [0.25, 0.3) is 0 Å². The van der Waals surface area contributed by atoms with Crippen molar-refractivity contribution < 1.29 is 4.39 Å². The highest BCUT2D eigenvalue weighted by Crippen LogP contribution is 2.27. The number of halogens is 3. The summed E-state index contributed by atoms with van der Waals surface area (Å²) in [6, 6.07) is 13.1. The molecule has 0 unspecified atom stereocenters. The standard InChI is InChI=1S/C17H13Cl2FN4/c18-12-3-6-15(14(19)9-12)23-16-7-8-21-17(24-16)22-10-11-1-4-13(20)5-2-11/h1-9H,10H2,(H2,21,22,23,24). The molecule has 0 aliphatic rings. The molecule has 2 N–H and O–H groups in total. The zero-order valence-electron chi connectivity index (χ0n) is 12.4. The van der Waals surface area contributed by atoms with Crippen LogP contribution in [0.15, 0.2) is 54.7 Å². The molecule has 0 aliphatic heterocycles. The van der Waals surface area contributed by atoms with Crippen molar-refractivity contribution in [2.75, 3.05) is 10.6 Å². The van der Waals surface area contributed by atoms with Gasteiger partial charge in [-0.05, 0) is 42.0 Å². The van der Waals surface area contributed by atoms with Gasteiger partial charge >= 0.3 is 0 Å². The molecule has 122 valence electrons. The number of nitrogens with zero attached hydrogens (tertiary/aromatic N) is 2. The molecule has 0 amide bonds. The summed E-state index contributed by atoms with van der Waals surface area (Å²) in [5, 5.41) is 7.27. The molecule has 0 radical (unpaired) electrons. The average Bonchev–Trinajstić information content (AvgIpc) is 2.57. The lowest BCUT2D eigenvalue weighted by Crippen LogP contribution is -2.05. The first-order valence-electron chi connectivity index (χ1n) is 7.13. The van der Waals surface area contributed by atoms with Crippen molar-refractivity contribution in [3.05, 3.63) is 76.2 Å². The monoisotopic (exact) mass is 362 g/mol. The summed E-state index contributed by atoms with van der Waals surface area (Å²) >= 11 is 12.0. The molecule has 0 aliphatic carbocycles. The molecule has 3 rings (SSSR count). The number of nitrogens with one attached hydrogen (secondary N) is 2. The Hall–Kier alpha value is -2.37. The van der Waals surface area contributed by atoms with Crippen LogP contribution in [0.3, 0.4) is 0 Å². The predicted octanol–water partition coefficient (Wildman–Crippen LogP) is 5.28. The third-order valence-corrected chi connectivity index (χ3v) is 3.76. The second-order valence-electron chi connectivity index (χ2n) is 4.99. The number of hydrogen-bond donors (Lipinski definition) is 2. The Morgan fingerprint density at radius 3 is 2.54 bits per heavy atom. The molecule has 0 bridgehead atoms. The van der Waals surface area contributed by atoms with E-state index in [9.17, 15) is 4.39 Å². The molecule has 24 heavy (non-hydrogen) atoms. The van der Waals surface area contributed by atoms with Gasteiger partial charge in [0, 0.05) is 17.8 Å². The van der Waals surface area contributed by atoms with E-state index in [1.165, 1.54) is 12.1 Å². The van der Waals surface area contributed by atoms with Crippen molar-refractivity contribution in [3.63, 3.8) is 0 Å². The Morgan fingerprint density at radius 1 is 1.00 bits per heavy atom. The Morgan fingerprint density at radius 2 is 1.79 bits per heavy atom. The summed E-state index contributed by atoms with van der Waals surface area (Å²) in [5.41, 5.74) is 1.63. The molecule has 1 heterocycles. The van der Waals surface area contributed by atoms with E-state index in [2.05, 4.69) is 20.6 Å². The predicted molar refractivity (Wildman–Crippen MR) is 95.5 cm³/mol. The van der Waals surface area contributed by atoms with Gasteiger partial charge in [-0.15, -0.1) is 0 Å². The summed E-state index contributed by atoms with van der Waals surface area (Å²) in [6.45, 7) is 0.492. The first kappa shape index (κ1) is 16.5. The minimum Gasteiger partial charge on any atom is -0.350 e. The van der Waals surface area contributed by atoms with Crippen molar-refractivity contribution in [2.24, 2.45) is 0 Å². The zero-order chi connectivity index (χ0) is 16.9. The van der Waals surface area contributed by atoms with Crippen molar-refractivity contribution >= 4 is 40.7 Å². The lowest BCUT2D eigenvalue weighted by Gasteiger charge is -2.10. The third kappa shape index (κ3) is 4.34. The molecule has 0 atom stereocenters. The summed E-state index contributed by atoms with van der Waals surface area (Å²) < 4.78 is 12.9. The van der Waals surface area contributed by atoms with Gasteiger partial charge in [-0.2, -0.15) is 4.98 Å². The first-order valence-corrected chi connectivity index (χ1v) is 7.89. The minimum atomic E-state index is -0.263. The molecule has 0 saturated carbocycles. The van der Waals surface area contributed by atoms with Gasteiger partial charge in [-0.1, -0.05) is 35.3 Å². The highest BCUT2D eigenvalue weighted by molar-refractivity contribution is 6.36. The molecule has 2 aromatic carbocycles. The van der Waals surface area contributed by atoms with Crippen molar-refractivity contribution in [3.8, 4) is 0 Å². The fraction of sp³-hybridized carbons (Fsp3) is 0.0588. The summed E-state index contributed by atoms with van der Waals surface area (Å²) in [4.78, 5) is 8.52. The molecule has 0 fully saturated rings. The number of aromatic nitrogens is 2. The molecule has 1 aromatic heterocycles. The van der Waals surface area contributed by atoms with Crippen molar-refractivity contribution in [1.29, 1.82) is 0 Å². The maximum atomic E-state index is 12.9. The van der Waals surface area contributed by atoms with Gasteiger partial charge in [0.1, 0.15) is 11.6 Å². The van der Waals surface area contributed by atoms with E-state index in [4.69, 9.17) is 23.2 Å². The van der Waals surface area contributed by atoms with Crippen LogP contribution in [0.5, 0.6) is 0 Å². The maximum Gasteiger partial charge on any atom is 0.224 e. The van der Waals surface area contributed by atoms with Gasteiger partial charge in [-0.3, -0.25) is 0 Å². The van der Waals surface area contributed by atoms with Gasteiger partial charge in [-0.25, -0.2) is 9.37 Å².